The Kier molecular flexibility index (Phi) is 5.33. The highest BCUT2D eigenvalue weighted by Crippen LogP contribution is 2.35. The zero-order valence-electron chi connectivity index (χ0n) is 15.6. The number of nitrogens with zero attached hydrogens (tertiary/aromatic N) is 4. The lowest BCUT2D eigenvalue weighted by molar-refractivity contribution is 0.0986. The van der Waals surface area contributed by atoms with Crippen LogP contribution in [0.1, 0.15) is 30.4 Å². The van der Waals surface area contributed by atoms with Crippen molar-refractivity contribution in [2.24, 2.45) is 4.99 Å². The second kappa shape index (κ2) is 7.68. The monoisotopic (exact) mass is 384 g/mol. The predicted molar refractivity (Wildman–Crippen MR) is 104 cm³/mol. The lowest BCUT2D eigenvalue weighted by Gasteiger charge is -2.08. The number of hydrogen-bond acceptors (Lipinski definition) is 5. The summed E-state index contributed by atoms with van der Waals surface area (Å²) >= 11 is 1.33. The van der Waals surface area contributed by atoms with Gasteiger partial charge in [-0.3, -0.25) is 9.48 Å². The molecule has 1 amide bonds. The van der Waals surface area contributed by atoms with Crippen LogP contribution in [0.3, 0.4) is 0 Å². The van der Waals surface area contributed by atoms with Crippen molar-refractivity contribution in [2.75, 3.05) is 14.2 Å². The molecule has 0 saturated carbocycles. The van der Waals surface area contributed by atoms with Crippen molar-refractivity contribution in [3.8, 4) is 23.8 Å². The van der Waals surface area contributed by atoms with Crippen molar-refractivity contribution in [3.05, 3.63) is 34.9 Å². The fourth-order valence-electron chi connectivity index (χ4n) is 2.82. The van der Waals surface area contributed by atoms with E-state index in [1.807, 2.05) is 19.9 Å². The van der Waals surface area contributed by atoms with E-state index in [-0.39, 0.29) is 18.5 Å². The molecule has 0 N–H and O–H groups in total. The number of fused-ring (bicyclic) bond motifs is 1. The molecule has 3 aromatic rings. The van der Waals surface area contributed by atoms with Crippen molar-refractivity contribution in [3.63, 3.8) is 0 Å². The van der Waals surface area contributed by atoms with Crippen LogP contribution in [0.25, 0.3) is 10.2 Å². The number of thiazole rings is 1. The van der Waals surface area contributed by atoms with Crippen molar-refractivity contribution in [1.29, 1.82) is 0 Å². The minimum Gasteiger partial charge on any atom is -0.495 e. The van der Waals surface area contributed by atoms with Crippen LogP contribution in [-0.4, -0.2) is 34.5 Å². The first-order valence-corrected chi connectivity index (χ1v) is 9.13. The summed E-state index contributed by atoms with van der Waals surface area (Å²) in [5.41, 5.74) is 1.18. The van der Waals surface area contributed by atoms with Gasteiger partial charge in [0.15, 0.2) is 4.80 Å². The van der Waals surface area contributed by atoms with Gasteiger partial charge in [-0.05, 0) is 32.0 Å². The lowest BCUT2D eigenvalue weighted by Crippen LogP contribution is -2.18. The van der Waals surface area contributed by atoms with Gasteiger partial charge < -0.3 is 14.0 Å². The summed E-state index contributed by atoms with van der Waals surface area (Å²) in [6.07, 6.45) is 7.14. The third-order valence-corrected chi connectivity index (χ3v) is 5.11. The van der Waals surface area contributed by atoms with Gasteiger partial charge >= 0.3 is 0 Å². The first-order chi connectivity index (χ1) is 13.0. The maximum Gasteiger partial charge on any atom is 0.297 e. The first kappa shape index (κ1) is 18.7. The van der Waals surface area contributed by atoms with Crippen LogP contribution in [0, 0.1) is 12.3 Å². The molecule has 1 aromatic carbocycles. The zero-order valence-corrected chi connectivity index (χ0v) is 16.4. The van der Waals surface area contributed by atoms with Crippen molar-refractivity contribution >= 4 is 27.5 Å². The Morgan fingerprint density at radius 2 is 2.00 bits per heavy atom. The van der Waals surface area contributed by atoms with E-state index in [9.17, 15) is 4.79 Å². The topological polar surface area (TPSA) is 70.6 Å². The van der Waals surface area contributed by atoms with Gasteiger partial charge in [0, 0.05) is 12.2 Å². The number of terminal acetylenes is 1. The largest absolute Gasteiger partial charge is 0.495 e. The second-order valence-electron chi connectivity index (χ2n) is 5.99. The van der Waals surface area contributed by atoms with Crippen LogP contribution in [0.5, 0.6) is 11.5 Å². The van der Waals surface area contributed by atoms with Gasteiger partial charge in [-0.25, -0.2) is 0 Å². The summed E-state index contributed by atoms with van der Waals surface area (Å²) in [5, 5.41) is 4.19. The number of carbonyl (C=O) groups excluding carboxylic acids is 1. The zero-order chi connectivity index (χ0) is 19.6. The number of hydrogen-bond donors (Lipinski definition) is 0. The van der Waals surface area contributed by atoms with Gasteiger partial charge in [0.25, 0.3) is 5.91 Å². The van der Waals surface area contributed by atoms with Crippen molar-refractivity contribution in [2.45, 2.75) is 26.4 Å². The third kappa shape index (κ3) is 3.34. The lowest BCUT2D eigenvalue weighted by atomic mass is 10.3. The molecule has 0 aliphatic heterocycles. The van der Waals surface area contributed by atoms with Gasteiger partial charge in [0.05, 0.1) is 20.8 Å². The molecule has 27 heavy (non-hydrogen) atoms. The van der Waals surface area contributed by atoms with Crippen LogP contribution in [0.4, 0.5) is 0 Å². The summed E-state index contributed by atoms with van der Waals surface area (Å²) in [4.78, 5) is 17.6. The highest BCUT2D eigenvalue weighted by Gasteiger charge is 2.18. The highest BCUT2D eigenvalue weighted by molar-refractivity contribution is 7.16. The maximum atomic E-state index is 12.8. The Labute approximate surface area is 160 Å². The summed E-state index contributed by atoms with van der Waals surface area (Å²) < 4.78 is 15.2. The summed E-state index contributed by atoms with van der Waals surface area (Å²) in [5.74, 6) is 3.54. The molecular weight excluding hydrogens is 364 g/mol. The van der Waals surface area contributed by atoms with Gasteiger partial charge in [-0.1, -0.05) is 17.3 Å². The summed E-state index contributed by atoms with van der Waals surface area (Å²) in [7, 11) is 3.18. The Hall–Kier alpha value is -3.05. The number of amides is 1. The fourth-order valence-corrected chi connectivity index (χ4v) is 3.95. The molecule has 2 aromatic heterocycles. The molecule has 0 unspecified atom stereocenters. The standard InChI is InChI=1S/C19H20N4O3S/c1-6-11-22-16-14(25-4)7-8-15(26-5)17(16)27-19(22)21-18(24)13-9-10-20-23(13)12(2)3/h1,7-10,12H,11H2,2-5H3. The molecule has 0 radical (unpaired) electrons. The minimum absolute atomic E-state index is 0.0505. The van der Waals surface area contributed by atoms with E-state index in [0.717, 1.165) is 10.2 Å². The molecule has 140 valence electrons. The van der Waals surface area contributed by atoms with Gasteiger partial charge in [0.1, 0.15) is 27.4 Å². The number of aromatic nitrogens is 3. The number of carbonyl (C=O) groups is 1. The van der Waals surface area contributed by atoms with E-state index in [2.05, 4.69) is 16.0 Å². The molecule has 0 saturated heterocycles. The third-order valence-electron chi connectivity index (χ3n) is 4.02. The Morgan fingerprint density at radius 1 is 1.30 bits per heavy atom. The number of benzene rings is 1. The quantitative estimate of drug-likeness (QED) is 0.634. The van der Waals surface area contributed by atoms with Gasteiger partial charge in [-0.15, -0.1) is 6.42 Å². The molecule has 8 heteroatoms. The maximum absolute atomic E-state index is 12.8. The van der Waals surface area contributed by atoms with Crippen molar-refractivity contribution < 1.29 is 14.3 Å². The molecule has 3 rings (SSSR count). The van der Waals surface area contributed by atoms with Gasteiger partial charge in [0.2, 0.25) is 0 Å². The van der Waals surface area contributed by atoms with Crippen LogP contribution in [-0.2, 0) is 6.54 Å². The molecule has 0 aliphatic carbocycles. The Balaban J connectivity index is 2.26. The summed E-state index contributed by atoms with van der Waals surface area (Å²) in [6.45, 7) is 4.16. The smallest absolute Gasteiger partial charge is 0.297 e. The molecule has 2 heterocycles. The minimum atomic E-state index is -0.378. The van der Waals surface area contributed by atoms with E-state index in [1.165, 1.54) is 11.3 Å². The SMILES string of the molecule is C#CCn1c(=NC(=O)c2ccnn2C(C)C)sc2c(OC)ccc(OC)c21. The van der Waals surface area contributed by atoms with E-state index in [0.29, 0.717) is 22.0 Å². The van der Waals surface area contributed by atoms with Gasteiger partial charge in [-0.2, -0.15) is 10.1 Å². The number of methoxy groups -OCH3 is 2. The molecule has 0 fully saturated rings. The Morgan fingerprint density at radius 3 is 2.63 bits per heavy atom. The molecule has 7 nitrogen and oxygen atoms in total. The van der Waals surface area contributed by atoms with Crippen molar-refractivity contribution in [1.82, 2.24) is 14.3 Å². The predicted octanol–water partition coefficient (Wildman–Crippen LogP) is 2.87. The normalized spacial score (nSPS) is 11.8. The average molecular weight is 384 g/mol. The van der Waals surface area contributed by atoms with Crippen LogP contribution < -0.4 is 14.3 Å². The summed E-state index contributed by atoms with van der Waals surface area (Å²) in [6, 6.07) is 5.33. The Bertz CT molecular complexity index is 1100. The molecule has 0 spiro atoms. The van der Waals surface area contributed by atoms with Crippen LogP contribution in [0.2, 0.25) is 0 Å². The van der Waals surface area contributed by atoms with Crippen LogP contribution >= 0.6 is 11.3 Å². The number of rotatable bonds is 5. The molecule has 0 bridgehead atoms. The molecule has 0 atom stereocenters. The van der Waals surface area contributed by atoms with E-state index >= 15 is 0 Å². The van der Waals surface area contributed by atoms with Crippen LogP contribution in [0.15, 0.2) is 29.4 Å². The molecule has 0 aliphatic rings. The highest BCUT2D eigenvalue weighted by atomic mass is 32.1. The van der Waals surface area contributed by atoms with E-state index in [4.69, 9.17) is 15.9 Å². The first-order valence-electron chi connectivity index (χ1n) is 8.32. The van der Waals surface area contributed by atoms with E-state index < -0.39 is 0 Å². The average Bonchev–Trinajstić information content (AvgIpc) is 3.27. The molecular formula is C19H20N4O3S. The number of ether oxygens (including phenoxy) is 2. The fraction of sp³-hybridized carbons (Fsp3) is 0.316. The van der Waals surface area contributed by atoms with E-state index in [1.54, 1.807) is 41.8 Å². The second-order valence-corrected chi connectivity index (χ2v) is 6.97.